The number of ether oxygens (including phenoxy) is 2. The summed E-state index contributed by atoms with van der Waals surface area (Å²) in [5.74, 6) is 0.959. The van der Waals surface area contributed by atoms with Gasteiger partial charge in [-0.05, 0) is 24.6 Å². The molecule has 19 heavy (non-hydrogen) atoms. The van der Waals surface area contributed by atoms with Crippen molar-refractivity contribution in [2.24, 2.45) is 0 Å². The van der Waals surface area contributed by atoms with Crippen molar-refractivity contribution in [2.45, 2.75) is 12.7 Å². The van der Waals surface area contributed by atoms with Crippen molar-refractivity contribution < 1.29 is 17.9 Å². The Balaban J connectivity index is 2.24. The van der Waals surface area contributed by atoms with Crippen LogP contribution in [0.15, 0.2) is 24.3 Å². The molecule has 0 aromatic heterocycles. The van der Waals surface area contributed by atoms with Gasteiger partial charge in [0.1, 0.15) is 13.2 Å². The highest BCUT2D eigenvalue weighted by atomic mass is 35.5. The zero-order chi connectivity index (χ0) is 13.9. The molecule has 2 rings (SSSR count). The first-order valence-corrected chi connectivity index (χ1v) is 8.11. The third-order valence-corrected chi connectivity index (χ3v) is 4.38. The summed E-state index contributed by atoms with van der Waals surface area (Å²) >= 11 is 6.07. The van der Waals surface area contributed by atoms with Crippen molar-refractivity contribution >= 4 is 21.4 Å². The summed E-state index contributed by atoms with van der Waals surface area (Å²) < 4.78 is 34.6. The van der Waals surface area contributed by atoms with Gasteiger partial charge < -0.3 is 9.47 Å². The van der Waals surface area contributed by atoms with Crippen LogP contribution in [0.3, 0.4) is 0 Å². The summed E-state index contributed by atoms with van der Waals surface area (Å²) in [7, 11) is -3.18. The van der Waals surface area contributed by atoms with Gasteiger partial charge in [-0.3, -0.25) is 0 Å². The van der Waals surface area contributed by atoms with Gasteiger partial charge in [-0.1, -0.05) is 23.8 Å². The lowest BCUT2D eigenvalue weighted by molar-refractivity contribution is 0.171. The highest BCUT2D eigenvalue weighted by Crippen LogP contribution is 2.38. The minimum absolute atomic E-state index is 0.0234. The first-order valence-electron chi connectivity index (χ1n) is 5.91. The Morgan fingerprint density at radius 1 is 1.32 bits per heavy atom. The van der Waals surface area contributed by atoms with Gasteiger partial charge in [0, 0.05) is 0 Å². The lowest BCUT2D eigenvalue weighted by Gasteiger charge is -2.20. The van der Waals surface area contributed by atoms with E-state index in [1.165, 1.54) is 0 Å². The highest BCUT2D eigenvalue weighted by Gasteiger charge is 2.19. The molecule has 0 fully saturated rings. The average Bonchev–Trinajstić information content (AvgIpc) is 2.36. The van der Waals surface area contributed by atoms with Gasteiger partial charge in [0.05, 0.1) is 16.5 Å². The van der Waals surface area contributed by atoms with E-state index >= 15 is 0 Å². The van der Waals surface area contributed by atoms with Gasteiger partial charge in [0.25, 0.3) is 0 Å². The van der Waals surface area contributed by atoms with Gasteiger partial charge in [0.15, 0.2) is 21.3 Å². The molecule has 0 spiro atoms. The number of benzene rings is 1. The van der Waals surface area contributed by atoms with E-state index in [1.807, 2.05) is 0 Å². The largest absolute Gasteiger partial charge is 0.486 e. The van der Waals surface area contributed by atoms with E-state index in [2.05, 4.69) is 0 Å². The first kappa shape index (κ1) is 14.2. The molecule has 0 bridgehead atoms. The molecule has 1 heterocycles. The van der Waals surface area contributed by atoms with Crippen LogP contribution in [0, 0.1) is 0 Å². The molecule has 1 aromatic rings. The lowest BCUT2D eigenvalue weighted by atomic mass is 10.2. The first-order chi connectivity index (χ1) is 9.02. The van der Waals surface area contributed by atoms with E-state index in [9.17, 15) is 8.42 Å². The number of allylic oxidation sites excluding steroid dienone is 1. The molecular weight excluding hydrogens is 288 g/mol. The van der Waals surface area contributed by atoms with E-state index < -0.39 is 9.84 Å². The van der Waals surface area contributed by atoms with Crippen LogP contribution in [0.2, 0.25) is 5.02 Å². The summed E-state index contributed by atoms with van der Waals surface area (Å²) in [4.78, 5) is 0. The van der Waals surface area contributed by atoms with E-state index in [4.69, 9.17) is 21.1 Å². The molecular formula is C13H15ClO4S. The third kappa shape index (κ3) is 3.64. The lowest BCUT2D eigenvalue weighted by Crippen LogP contribution is -2.16. The Hall–Kier alpha value is -1.20. The average molecular weight is 303 g/mol. The molecule has 0 atom stereocenters. The highest BCUT2D eigenvalue weighted by molar-refractivity contribution is 7.90. The maximum absolute atomic E-state index is 11.9. The van der Waals surface area contributed by atoms with Gasteiger partial charge >= 0.3 is 0 Å². The van der Waals surface area contributed by atoms with Gasteiger partial charge in [-0.15, -0.1) is 0 Å². The van der Waals surface area contributed by atoms with Crippen molar-refractivity contribution in [3.63, 3.8) is 0 Å². The molecule has 0 N–H and O–H groups in total. The third-order valence-electron chi connectivity index (χ3n) is 2.63. The molecule has 0 radical (unpaired) electrons. The number of hydrogen-bond donors (Lipinski definition) is 0. The standard InChI is InChI=1S/C13H15ClO4S/c1-2-3-6-19(15,16)9-10-7-11(14)13-12(8-10)17-4-5-18-13/h2-3,7-8H,4-6,9H2,1H3/b3-2+. The fraction of sp³-hybridized carbons (Fsp3) is 0.385. The van der Waals surface area contributed by atoms with Crippen molar-refractivity contribution in [1.29, 1.82) is 0 Å². The maximum atomic E-state index is 11.9. The monoisotopic (exact) mass is 302 g/mol. The Kier molecular flexibility index (Phi) is 4.37. The number of rotatable bonds is 4. The summed E-state index contributed by atoms with van der Waals surface area (Å²) in [5, 5.41) is 0.383. The SMILES string of the molecule is C/C=C/CS(=O)(=O)Cc1cc(Cl)c2c(c1)OCCO2. The number of halogens is 1. The zero-order valence-electron chi connectivity index (χ0n) is 10.6. The molecule has 0 aliphatic carbocycles. The van der Waals surface area contributed by atoms with Crippen LogP contribution in [0.25, 0.3) is 0 Å². The van der Waals surface area contributed by atoms with Crippen molar-refractivity contribution in [2.75, 3.05) is 19.0 Å². The van der Waals surface area contributed by atoms with E-state index in [0.717, 1.165) is 0 Å². The normalized spacial score (nSPS) is 14.8. The minimum atomic E-state index is -3.18. The topological polar surface area (TPSA) is 52.6 Å². The second-order valence-corrected chi connectivity index (χ2v) is 6.74. The van der Waals surface area contributed by atoms with Crippen LogP contribution < -0.4 is 9.47 Å². The van der Waals surface area contributed by atoms with Crippen molar-refractivity contribution in [1.82, 2.24) is 0 Å². The Bertz CT molecular complexity index is 593. The van der Waals surface area contributed by atoms with Crippen LogP contribution in [-0.4, -0.2) is 27.4 Å². The molecule has 0 saturated carbocycles. The Labute approximate surface area is 117 Å². The number of fused-ring (bicyclic) bond motifs is 1. The summed E-state index contributed by atoms with van der Waals surface area (Å²) in [6, 6.07) is 3.29. The summed E-state index contributed by atoms with van der Waals surface area (Å²) in [6.45, 7) is 2.68. The predicted octanol–water partition coefficient (Wildman–Crippen LogP) is 2.60. The van der Waals surface area contributed by atoms with E-state index in [-0.39, 0.29) is 11.5 Å². The molecule has 6 heteroatoms. The van der Waals surface area contributed by atoms with E-state index in [0.29, 0.717) is 35.3 Å². The fourth-order valence-electron chi connectivity index (χ4n) is 1.80. The van der Waals surface area contributed by atoms with Crippen LogP contribution in [-0.2, 0) is 15.6 Å². The Morgan fingerprint density at radius 3 is 2.79 bits per heavy atom. The van der Waals surface area contributed by atoms with Gasteiger partial charge in [-0.2, -0.15) is 0 Å². The molecule has 104 valence electrons. The van der Waals surface area contributed by atoms with Crippen LogP contribution in [0.1, 0.15) is 12.5 Å². The summed E-state index contributed by atoms with van der Waals surface area (Å²) in [5.41, 5.74) is 0.610. The van der Waals surface area contributed by atoms with E-state index in [1.54, 1.807) is 31.2 Å². The summed E-state index contributed by atoms with van der Waals surface area (Å²) in [6.07, 6.45) is 3.34. The Morgan fingerprint density at radius 2 is 2.05 bits per heavy atom. The molecule has 4 nitrogen and oxygen atoms in total. The second kappa shape index (κ2) is 5.84. The van der Waals surface area contributed by atoms with Crippen LogP contribution in [0.5, 0.6) is 11.5 Å². The molecule has 1 aliphatic heterocycles. The molecule has 1 aliphatic rings. The smallest absolute Gasteiger partial charge is 0.179 e. The van der Waals surface area contributed by atoms with Crippen molar-refractivity contribution in [3.05, 3.63) is 34.9 Å². The minimum Gasteiger partial charge on any atom is -0.486 e. The molecule has 0 saturated heterocycles. The quantitative estimate of drug-likeness (QED) is 0.802. The fourth-order valence-corrected chi connectivity index (χ4v) is 3.37. The number of sulfone groups is 1. The predicted molar refractivity (Wildman–Crippen MR) is 74.7 cm³/mol. The molecule has 0 unspecified atom stereocenters. The number of hydrogen-bond acceptors (Lipinski definition) is 4. The van der Waals surface area contributed by atoms with Crippen LogP contribution in [0.4, 0.5) is 0 Å². The molecule has 0 amide bonds. The molecule has 1 aromatic carbocycles. The van der Waals surface area contributed by atoms with Crippen LogP contribution >= 0.6 is 11.6 Å². The van der Waals surface area contributed by atoms with Gasteiger partial charge in [0.2, 0.25) is 0 Å². The van der Waals surface area contributed by atoms with Crippen molar-refractivity contribution in [3.8, 4) is 11.5 Å². The maximum Gasteiger partial charge on any atom is 0.179 e. The zero-order valence-corrected chi connectivity index (χ0v) is 12.1. The second-order valence-electron chi connectivity index (χ2n) is 4.23. The van der Waals surface area contributed by atoms with Gasteiger partial charge in [-0.25, -0.2) is 8.42 Å².